The molecule has 0 aromatic heterocycles. The monoisotopic (exact) mass is 617 g/mol. The topological polar surface area (TPSA) is 103 Å². The van der Waals surface area contributed by atoms with Crippen molar-refractivity contribution in [3.8, 4) is 11.1 Å². The van der Waals surface area contributed by atoms with Crippen LogP contribution in [-0.4, -0.2) is 80.6 Å². The number of hydrogen-bond donors (Lipinski definition) is 3. The standard InChI is InChI=1S/C36H51N5O4/c1-23-18-24(2)38-36(44)33(23)21-37-35(43)32-19-29(28-8-6-27(7-9-28)22-41-14-16-45-17-15-41)20-34(25(32)3)40(5)31-12-10-30(11-13-31)39-26(4)42/h6-9,19-20,23-24,30-31,33H,10-18,21-22H2,1-5H3,(H,37,43)(H,38,44)(H,39,42)/t23?,24?,30-,31+,33?. The number of rotatable bonds is 9. The molecule has 3 unspecified atom stereocenters. The zero-order chi connectivity index (χ0) is 32.1. The van der Waals surface area contributed by atoms with Gasteiger partial charge in [0.05, 0.1) is 19.1 Å². The summed E-state index contributed by atoms with van der Waals surface area (Å²) in [7, 11) is 2.12. The Morgan fingerprint density at radius 2 is 1.71 bits per heavy atom. The van der Waals surface area contributed by atoms with Crippen molar-refractivity contribution < 1.29 is 19.1 Å². The minimum atomic E-state index is -0.242. The third-order valence-corrected chi connectivity index (χ3v) is 10.1. The predicted octanol–water partition coefficient (Wildman–Crippen LogP) is 4.27. The molecule has 1 saturated carbocycles. The molecule has 1 aliphatic carbocycles. The summed E-state index contributed by atoms with van der Waals surface area (Å²) in [5, 5.41) is 9.23. The number of morpholine rings is 1. The quantitative estimate of drug-likeness (QED) is 0.389. The van der Waals surface area contributed by atoms with Crippen LogP contribution in [0.3, 0.4) is 0 Å². The Hall–Kier alpha value is -3.43. The van der Waals surface area contributed by atoms with Gasteiger partial charge in [0.25, 0.3) is 5.91 Å². The van der Waals surface area contributed by atoms with Crippen LogP contribution in [-0.2, 0) is 20.9 Å². The molecule has 2 heterocycles. The largest absolute Gasteiger partial charge is 0.379 e. The molecule has 9 heteroatoms. The molecule has 0 bridgehead atoms. The molecule has 3 aliphatic rings. The van der Waals surface area contributed by atoms with Gasteiger partial charge in [-0.25, -0.2) is 0 Å². The first kappa shape index (κ1) is 32.9. The molecular weight excluding hydrogens is 566 g/mol. The molecular formula is C36H51N5O4. The van der Waals surface area contributed by atoms with Gasteiger partial charge in [0.15, 0.2) is 0 Å². The smallest absolute Gasteiger partial charge is 0.251 e. The minimum absolute atomic E-state index is 0.0134. The minimum Gasteiger partial charge on any atom is -0.379 e. The molecule has 2 saturated heterocycles. The van der Waals surface area contributed by atoms with Gasteiger partial charge in [-0.1, -0.05) is 31.2 Å². The van der Waals surface area contributed by atoms with E-state index in [1.807, 2.05) is 19.9 Å². The van der Waals surface area contributed by atoms with Crippen LogP contribution in [0.1, 0.15) is 74.4 Å². The highest BCUT2D eigenvalue weighted by molar-refractivity contribution is 5.99. The summed E-state index contributed by atoms with van der Waals surface area (Å²) in [6, 6.07) is 13.6. The van der Waals surface area contributed by atoms with Crippen LogP contribution >= 0.6 is 0 Å². The highest BCUT2D eigenvalue weighted by atomic mass is 16.5. The van der Waals surface area contributed by atoms with Crippen LogP contribution in [0.4, 0.5) is 5.69 Å². The molecule has 3 fully saturated rings. The molecule has 0 spiro atoms. The lowest BCUT2D eigenvalue weighted by Crippen LogP contribution is -2.50. The molecule has 0 radical (unpaired) electrons. The fraction of sp³-hybridized carbons (Fsp3) is 0.583. The molecule has 45 heavy (non-hydrogen) atoms. The summed E-state index contributed by atoms with van der Waals surface area (Å²) in [4.78, 5) is 42.9. The average Bonchev–Trinajstić information content (AvgIpc) is 3.01. The fourth-order valence-corrected chi connectivity index (χ4v) is 7.36. The van der Waals surface area contributed by atoms with Crippen molar-refractivity contribution >= 4 is 23.4 Å². The average molecular weight is 618 g/mol. The van der Waals surface area contributed by atoms with Gasteiger partial charge in [-0.05, 0) is 86.3 Å². The highest BCUT2D eigenvalue weighted by Crippen LogP contribution is 2.35. The van der Waals surface area contributed by atoms with E-state index in [2.05, 4.69) is 70.1 Å². The maximum atomic E-state index is 13.8. The van der Waals surface area contributed by atoms with Crippen LogP contribution in [0.25, 0.3) is 11.1 Å². The van der Waals surface area contributed by atoms with Gasteiger partial charge in [0.1, 0.15) is 0 Å². The number of benzene rings is 2. The fourth-order valence-electron chi connectivity index (χ4n) is 7.36. The Morgan fingerprint density at radius 3 is 2.36 bits per heavy atom. The number of nitrogens with one attached hydrogen (secondary N) is 3. The van der Waals surface area contributed by atoms with Crippen molar-refractivity contribution in [1.82, 2.24) is 20.9 Å². The number of ether oxygens (including phenoxy) is 1. The van der Waals surface area contributed by atoms with Crippen molar-refractivity contribution in [3.05, 3.63) is 53.1 Å². The van der Waals surface area contributed by atoms with E-state index in [-0.39, 0.29) is 41.6 Å². The number of hydrogen-bond acceptors (Lipinski definition) is 6. The SMILES string of the molecule is CC(=O)N[C@H]1CC[C@@H](N(C)c2cc(-c3ccc(CN4CCOCC4)cc3)cc(C(=O)NCC3C(=O)NC(C)CC3C)c2C)CC1. The Morgan fingerprint density at radius 1 is 1.02 bits per heavy atom. The summed E-state index contributed by atoms with van der Waals surface area (Å²) >= 11 is 0. The van der Waals surface area contributed by atoms with Gasteiger partial charge in [-0.15, -0.1) is 0 Å². The van der Waals surface area contributed by atoms with Gasteiger partial charge in [0, 0.05) is 69.5 Å². The number of piperidine rings is 1. The predicted molar refractivity (Wildman–Crippen MR) is 178 cm³/mol. The molecule has 2 aliphatic heterocycles. The van der Waals surface area contributed by atoms with E-state index in [1.165, 1.54) is 5.56 Å². The lowest BCUT2D eigenvalue weighted by atomic mass is 9.84. The first-order valence-corrected chi connectivity index (χ1v) is 16.7. The van der Waals surface area contributed by atoms with E-state index < -0.39 is 0 Å². The highest BCUT2D eigenvalue weighted by Gasteiger charge is 2.33. The number of amides is 3. The molecule has 3 atom stereocenters. The third-order valence-electron chi connectivity index (χ3n) is 10.1. The van der Waals surface area contributed by atoms with E-state index in [4.69, 9.17) is 4.74 Å². The Balaban J connectivity index is 1.39. The van der Waals surface area contributed by atoms with Crippen LogP contribution in [0.5, 0.6) is 0 Å². The summed E-state index contributed by atoms with van der Waals surface area (Å²) in [5.74, 6) is -0.155. The van der Waals surface area contributed by atoms with Gasteiger partial charge >= 0.3 is 0 Å². The molecule has 3 amide bonds. The Kier molecular flexibility index (Phi) is 10.8. The first-order chi connectivity index (χ1) is 21.6. The van der Waals surface area contributed by atoms with Crippen molar-refractivity contribution in [2.45, 2.75) is 84.5 Å². The van der Waals surface area contributed by atoms with E-state index in [0.717, 1.165) is 87.3 Å². The molecule has 2 aromatic rings. The van der Waals surface area contributed by atoms with E-state index in [0.29, 0.717) is 18.2 Å². The summed E-state index contributed by atoms with van der Waals surface area (Å²) < 4.78 is 5.50. The van der Waals surface area contributed by atoms with Gasteiger partial charge in [0.2, 0.25) is 11.8 Å². The maximum Gasteiger partial charge on any atom is 0.251 e. The van der Waals surface area contributed by atoms with Crippen LogP contribution in [0.15, 0.2) is 36.4 Å². The van der Waals surface area contributed by atoms with Crippen molar-refractivity contribution in [2.75, 3.05) is 44.8 Å². The Labute approximate surface area is 268 Å². The normalized spacial score (nSPS) is 25.7. The molecule has 9 nitrogen and oxygen atoms in total. The Bertz CT molecular complexity index is 1350. The van der Waals surface area contributed by atoms with Crippen molar-refractivity contribution in [3.63, 3.8) is 0 Å². The molecule has 2 aromatic carbocycles. The lowest BCUT2D eigenvalue weighted by Gasteiger charge is -2.37. The van der Waals surface area contributed by atoms with Gasteiger partial charge < -0.3 is 25.6 Å². The van der Waals surface area contributed by atoms with Gasteiger partial charge in [-0.3, -0.25) is 19.3 Å². The number of carbonyl (C=O) groups is 3. The van der Waals surface area contributed by atoms with Gasteiger partial charge in [-0.2, -0.15) is 0 Å². The van der Waals surface area contributed by atoms with E-state index >= 15 is 0 Å². The second-order valence-electron chi connectivity index (χ2n) is 13.5. The van der Waals surface area contributed by atoms with Crippen molar-refractivity contribution in [1.29, 1.82) is 0 Å². The zero-order valence-corrected chi connectivity index (χ0v) is 27.7. The second kappa shape index (κ2) is 14.8. The van der Waals surface area contributed by atoms with Crippen molar-refractivity contribution in [2.24, 2.45) is 11.8 Å². The number of carbonyl (C=O) groups excluding carboxylic acids is 3. The van der Waals surface area contributed by atoms with Crippen LogP contribution < -0.4 is 20.9 Å². The summed E-state index contributed by atoms with van der Waals surface area (Å²) in [5.41, 5.74) is 5.92. The first-order valence-electron chi connectivity index (χ1n) is 16.7. The summed E-state index contributed by atoms with van der Waals surface area (Å²) in [6.45, 7) is 12.4. The maximum absolute atomic E-state index is 13.8. The second-order valence-corrected chi connectivity index (χ2v) is 13.5. The van der Waals surface area contributed by atoms with E-state index in [1.54, 1.807) is 6.92 Å². The molecule has 5 rings (SSSR count). The molecule has 3 N–H and O–H groups in total. The summed E-state index contributed by atoms with van der Waals surface area (Å²) in [6.07, 6.45) is 4.71. The zero-order valence-electron chi connectivity index (χ0n) is 27.7. The number of anilines is 1. The van der Waals surface area contributed by atoms with Crippen LogP contribution in [0, 0.1) is 18.8 Å². The van der Waals surface area contributed by atoms with Crippen LogP contribution in [0.2, 0.25) is 0 Å². The third kappa shape index (κ3) is 8.24. The number of nitrogens with zero attached hydrogens (tertiary/aromatic N) is 2. The molecule has 244 valence electrons. The lowest BCUT2D eigenvalue weighted by molar-refractivity contribution is -0.129. The van der Waals surface area contributed by atoms with E-state index in [9.17, 15) is 14.4 Å².